The molecule has 0 saturated heterocycles. The molecule has 1 atom stereocenters. The summed E-state index contributed by atoms with van der Waals surface area (Å²) in [5, 5.41) is 21.4. The molecule has 2 rings (SSSR count). The Balaban J connectivity index is 2.12. The molecule has 0 radical (unpaired) electrons. The summed E-state index contributed by atoms with van der Waals surface area (Å²) in [5.41, 5.74) is 0.844. The lowest BCUT2D eigenvalue weighted by Crippen LogP contribution is -2.21. The molecule has 0 fully saturated rings. The molecule has 23 heavy (non-hydrogen) atoms. The van der Waals surface area contributed by atoms with E-state index in [2.05, 4.69) is 5.10 Å². The van der Waals surface area contributed by atoms with E-state index in [9.17, 15) is 4.79 Å². The van der Waals surface area contributed by atoms with Crippen molar-refractivity contribution in [1.82, 2.24) is 9.78 Å². The molecule has 0 aliphatic rings. The fraction of sp³-hybridized carbons (Fsp3) is 0.214. The Labute approximate surface area is 151 Å². The lowest BCUT2D eigenvalue weighted by Gasteiger charge is -2.04. The van der Waals surface area contributed by atoms with Gasteiger partial charge in [-0.2, -0.15) is 5.26 Å². The van der Waals surface area contributed by atoms with Gasteiger partial charge in [0.1, 0.15) is 5.92 Å². The number of carbonyl (C=O) groups excluding carboxylic acids is 1. The smallest absolute Gasteiger partial charge is 0.184 e. The number of ketones is 1. The average molecular weight is 383 g/mol. The summed E-state index contributed by atoms with van der Waals surface area (Å²) in [6.45, 7) is 1.45. The van der Waals surface area contributed by atoms with Crippen molar-refractivity contribution in [2.75, 3.05) is 5.75 Å². The lowest BCUT2D eigenvalue weighted by atomic mass is 10.0. The maximum atomic E-state index is 11.9. The van der Waals surface area contributed by atoms with Gasteiger partial charge in [0.05, 0.1) is 17.5 Å². The van der Waals surface area contributed by atoms with Gasteiger partial charge < -0.3 is 5.41 Å². The summed E-state index contributed by atoms with van der Waals surface area (Å²) >= 11 is 13.7. The third-order valence-electron chi connectivity index (χ3n) is 2.82. The molecule has 1 heterocycles. The Morgan fingerprint density at radius 3 is 2.78 bits per heavy atom. The average Bonchev–Trinajstić information content (AvgIpc) is 2.87. The normalized spacial score (nSPS) is 11.7. The van der Waals surface area contributed by atoms with Crippen molar-refractivity contribution < 1.29 is 4.79 Å². The molecule has 1 N–H and O–H groups in total. The van der Waals surface area contributed by atoms with Crippen LogP contribution < -0.4 is 0 Å². The van der Waals surface area contributed by atoms with Crippen LogP contribution in [-0.2, 0) is 4.79 Å². The summed E-state index contributed by atoms with van der Waals surface area (Å²) in [4.78, 5) is 11.9. The molecule has 0 amide bonds. The number of carbonyl (C=O) groups is 1. The van der Waals surface area contributed by atoms with Crippen molar-refractivity contribution in [2.24, 2.45) is 5.92 Å². The highest BCUT2D eigenvalue weighted by Gasteiger charge is 2.20. The Morgan fingerprint density at radius 1 is 1.57 bits per heavy atom. The fourth-order valence-electron chi connectivity index (χ4n) is 1.69. The van der Waals surface area contributed by atoms with Crippen molar-refractivity contribution >= 4 is 58.4 Å². The molecule has 2 aromatic rings. The third kappa shape index (κ3) is 4.48. The van der Waals surface area contributed by atoms with Crippen molar-refractivity contribution in [2.45, 2.75) is 11.3 Å². The van der Waals surface area contributed by atoms with Crippen LogP contribution in [0.3, 0.4) is 0 Å². The minimum Gasteiger partial charge on any atom is -0.308 e. The van der Waals surface area contributed by atoms with E-state index < -0.39 is 5.92 Å². The topological polar surface area (TPSA) is 82.5 Å². The molecule has 9 heteroatoms. The number of rotatable bonds is 6. The van der Waals surface area contributed by atoms with E-state index >= 15 is 0 Å². The van der Waals surface area contributed by atoms with Crippen LogP contribution >= 0.6 is 46.9 Å². The summed E-state index contributed by atoms with van der Waals surface area (Å²) in [5.74, 6) is -1.21. The van der Waals surface area contributed by atoms with Crippen LogP contribution in [0.1, 0.15) is 6.92 Å². The minimum atomic E-state index is -0.992. The molecule has 0 bridgehead atoms. The molecule has 1 unspecified atom stereocenters. The number of benzene rings is 1. The zero-order valence-electron chi connectivity index (χ0n) is 11.9. The number of hydrogen-bond donors (Lipinski definition) is 1. The molecule has 5 nitrogen and oxygen atoms in total. The van der Waals surface area contributed by atoms with Crippen LogP contribution in [0.25, 0.3) is 5.69 Å². The van der Waals surface area contributed by atoms with E-state index in [1.54, 1.807) is 16.8 Å². The number of nitrogens with zero attached hydrogens (tertiary/aromatic N) is 3. The fourth-order valence-corrected chi connectivity index (χ4v) is 4.08. The maximum Gasteiger partial charge on any atom is 0.184 e. The molecule has 1 aromatic heterocycles. The van der Waals surface area contributed by atoms with Crippen LogP contribution in [-0.4, -0.2) is 27.0 Å². The van der Waals surface area contributed by atoms with Crippen LogP contribution in [0.5, 0.6) is 0 Å². The largest absolute Gasteiger partial charge is 0.308 e. The van der Waals surface area contributed by atoms with E-state index in [0.717, 1.165) is 5.69 Å². The Kier molecular flexibility index (Phi) is 6.07. The number of nitrogens with one attached hydrogen (secondary N) is 1. The molecular formula is C14H11ClN4OS3. The van der Waals surface area contributed by atoms with Crippen molar-refractivity contribution in [3.63, 3.8) is 0 Å². The first-order valence-electron chi connectivity index (χ1n) is 6.38. The highest BCUT2D eigenvalue weighted by molar-refractivity contribution is 8.01. The van der Waals surface area contributed by atoms with Crippen LogP contribution in [0.2, 0.25) is 5.02 Å². The Hall–Kier alpha value is -1.53. The highest BCUT2D eigenvalue weighted by Crippen LogP contribution is 2.25. The first kappa shape index (κ1) is 17.8. The molecule has 0 aliphatic heterocycles. The maximum absolute atomic E-state index is 11.9. The summed E-state index contributed by atoms with van der Waals surface area (Å²) in [6.07, 6.45) is 0. The molecule has 0 saturated carbocycles. The van der Waals surface area contributed by atoms with E-state index in [-0.39, 0.29) is 17.2 Å². The summed E-state index contributed by atoms with van der Waals surface area (Å²) in [6, 6.07) is 8.95. The quantitative estimate of drug-likeness (QED) is 0.460. The van der Waals surface area contributed by atoms with Crippen molar-refractivity contribution in [3.8, 4) is 11.8 Å². The van der Waals surface area contributed by atoms with Gasteiger partial charge in [0.2, 0.25) is 0 Å². The van der Waals surface area contributed by atoms with Gasteiger partial charge in [-0.05, 0) is 43.4 Å². The number of nitriles is 1. The molecule has 0 aliphatic carbocycles. The standard InChI is InChI=1S/C14H11ClN4OS3/c1-8(17)11(6-16)12(20)7-22-13-18-19(14(21)23-13)10-4-2-9(15)3-5-10/h2-5,11,17H,7H2,1H3. The molecule has 1 aromatic carbocycles. The van der Waals surface area contributed by atoms with E-state index in [1.807, 2.05) is 18.2 Å². The number of thioether (sulfide) groups is 1. The van der Waals surface area contributed by atoms with E-state index in [1.165, 1.54) is 30.0 Å². The van der Waals surface area contributed by atoms with Crippen molar-refractivity contribution in [3.05, 3.63) is 33.2 Å². The number of halogens is 1. The second-order valence-corrected chi connectivity index (χ2v) is 7.80. The third-order valence-corrected chi connectivity index (χ3v) is 5.46. The highest BCUT2D eigenvalue weighted by atomic mass is 35.5. The Morgan fingerprint density at radius 2 is 2.22 bits per heavy atom. The number of aromatic nitrogens is 2. The zero-order chi connectivity index (χ0) is 17.0. The zero-order valence-corrected chi connectivity index (χ0v) is 15.2. The van der Waals surface area contributed by atoms with Crippen LogP contribution in [0.15, 0.2) is 28.6 Å². The molecule has 0 spiro atoms. The molecular weight excluding hydrogens is 372 g/mol. The van der Waals surface area contributed by atoms with Gasteiger partial charge in [-0.3, -0.25) is 4.79 Å². The van der Waals surface area contributed by atoms with Crippen LogP contribution in [0.4, 0.5) is 0 Å². The second-order valence-electron chi connectivity index (χ2n) is 4.52. The van der Waals surface area contributed by atoms with E-state index in [0.29, 0.717) is 13.3 Å². The van der Waals surface area contributed by atoms with Crippen molar-refractivity contribution in [1.29, 1.82) is 10.7 Å². The van der Waals surface area contributed by atoms with Gasteiger partial charge >= 0.3 is 0 Å². The van der Waals surface area contributed by atoms with Gasteiger partial charge in [0.25, 0.3) is 0 Å². The first-order chi connectivity index (χ1) is 10.9. The van der Waals surface area contributed by atoms with Gasteiger partial charge in [-0.15, -0.1) is 5.10 Å². The van der Waals surface area contributed by atoms with Crippen LogP contribution in [0, 0.1) is 26.6 Å². The van der Waals surface area contributed by atoms with Gasteiger partial charge in [0, 0.05) is 10.7 Å². The van der Waals surface area contributed by atoms with Gasteiger partial charge in [0.15, 0.2) is 14.1 Å². The van der Waals surface area contributed by atoms with Gasteiger partial charge in [-0.1, -0.05) is 34.7 Å². The molecule has 118 valence electrons. The Bertz CT molecular complexity index is 835. The predicted molar refractivity (Wildman–Crippen MR) is 95.5 cm³/mol. The summed E-state index contributed by atoms with van der Waals surface area (Å²) in [7, 11) is 0. The second kappa shape index (κ2) is 7.84. The first-order valence-corrected chi connectivity index (χ1v) is 8.97. The van der Waals surface area contributed by atoms with Gasteiger partial charge in [-0.25, -0.2) is 4.68 Å². The number of Topliss-reactive ketones (excluding diaryl/α,β-unsaturated/α-hetero) is 1. The number of hydrogen-bond acceptors (Lipinski definition) is 7. The predicted octanol–water partition coefficient (Wildman–Crippen LogP) is 4.16. The monoisotopic (exact) mass is 382 g/mol. The minimum absolute atomic E-state index is 0.0532. The lowest BCUT2D eigenvalue weighted by molar-refractivity contribution is -0.117. The van der Waals surface area contributed by atoms with E-state index in [4.69, 9.17) is 34.5 Å². The SMILES string of the molecule is CC(=N)C(C#N)C(=O)CSc1nn(-c2ccc(Cl)cc2)c(=S)s1. The summed E-state index contributed by atoms with van der Waals surface area (Å²) < 4.78 is 2.80.